The van der Waals surface area contributed by atoms with Crippen LogP contribution < -0.4 is 5.32 Å². The molecule has 4 aromatic rings. The molecule has 8 heteroatoms. The summed E-state index contributed by atoms with van der Waals surface area (Å²) in [5.41, 5.74) is 2.87. The second-order valence-corrected chi connectivity index (χ2v) is 7.80. The van der Waals surface area contributed by atoms with Gasteiger partial charge in [-0.25, -0.2) is 0 Å². The molecule has 3 aromatic carbocycles. The summed E-state index contributed by atoms with van der Waals surface area (Å²) in [6.45, 7) is 4.39. The molecule has 0 radical (unpaired) electrons. The van der Waals surface area contributed by atoms with Gasteiger partial charge in [-0.15, -0.1) is 10.2 Å². The minimum absolute atomic E-state index is 0.00860. The number of tetrazole rings is 1. The summed E-state index contributed by atoms with van der Waals surface area (Å²) in [5, 5.41) is 17.6. The lowest BCUT2D eigenvalue weighted by Gasteiger charge is -2.26. The van der Waals surface area contributed by atoms with Gasteiger partial charge >= 0.3 is 0 Å². The molecule has 5 rings (SSSR count). The highest BCUT2D eigenvalue weighted by Gasteiger charge is 2.13. The summed E-state index contributed by atoms with van der Waals surface area (Å²) in [4.78, 5) is 16.2. The first-order chi connectivity index (χ1) is 15.7. The van der Waals surface area contributed by atoms with Crippen molar-refractivity contribution in [2.75, 3.05) is 31.6 Å². The number of benzene rings is 3. The van der Waals surface area contributed by atoms with E-state index in [2.05, 4.69) is 37.8 Å². The molecule has 0 aliphatic carbocycles. The van der Waals surface area contributed by atoms with Crippen molar-refractivity contribution in [3.8, 4) is 11.4 Å². The van der Waals surface area contributed by atoms with E-state index in [9.17, 15) is 4.79 Å². The van der Waals surface area contributed by atoms with Crippen molar-refractivity contribution in [2.45, 2.75) is 13.1 Å². The smallest absolute Gasteiger partial charge is 0.248 e. The molecule has 1 amide bonds. The zero-order chi connectivity index (χ0) is 21.8. The summed E-state index contributed by atoms with van der Waals surface area (Å²) in [6, 6.07) is 21.9. The first kappa shape index (κ1) is 20.3. The number of nitrogens with zero attached hydrogens (tertiary/aromatic N) is 5. The average Bonchev–Trinajstić information content (AvgIpc) is 3.29. The van der Waals surface area contributed by atoms with E-state index in [1.54, 1.807) is 0 Å². The van der Waals surface area contributed by atoms with E-state index in [0.29, 0.717) is 5.82 Å². The minimum atomic E-state index is -0.203. The third-order valence-corrected chi connectivity index (χ3v) is 5.52. The molecule has 2 heterocycles. The molecule has 8 nitrogen and oxygen atoms in total. The SMILES string of the molecule is O=C(Cn1nnc(-c2ccc(CN3CCOCC3)cc2)n1)Nc1cccc2ccccc12. The molecular formula is C24H24N6O2. The molecule has 0 spiro atoms. The van der Waals surface area contributed by atoms with Gasteiger partial charge in [-0.05, 0) is 22.2 Å². The highest BCUT2D eigenvalue weighted by Crippen LogP contribution is 2.23. The van der Waals surface area contributed by atoms with Gasteiger partial charge in [0.2, 0.25) is 11.7 Å². The zero-order valence-corrected chi connectivity index (χ0v) is 17.6. The van der Waals surface area contributed by atoms with Crippen LogP contribution in [-0.4, -0.2) is 57.3 Å². The average molecular weight is 428 g/mol. The summed E-state index contributed by atoms with van der Waals surface area (Å²) < 4.78 is 5.40. The molecule has 1 aliphatic heterocycles. The second kappa shape index (κ2) is 9.25. The van der Waals surface area contributed by atoms with Gasteiger partial charge in [0.25, 0.3) is 0 Å². The molecule has 0 bridgehead atoms. The van der Waals surface area contributed by atoms with Crippen molar-refractivity contribution in [1.82, 2.24) is 25.1 Å². The van der Waals surface area contributed by atoms with Crippen LogP contribution in [0.15, 0.2) is 66.7 Å². The highest BCUT2D eigenvalue weighted by molar-refractivity contribution is 6.01. The largest absolute Gasteiger partial charge is 0.379 e. The van der Waals surface area contributed by atoms with E-state index >= 15 is 0 Å². The van der Waals surface area contributed by atoms with Gasteiger partial charge in [0.1, 0.15) is 6.54 Å². The van der Waals surface area contributed by atoms with Gasteiger partial charge in [-0.3, -0.25) is 9.69 Å². The summed E-state index contributed by atoms with van der Waals surface area (Å²) in [6.07, 6.45) is 0. The number of hydrogen-bond acceptors (Lipinski definition) is 6. The van der Waals surface area contributed by atoms with Crippen molar-refractivity contribution < 1.29 is 9.53 Å². The lowest BCUT2D eigenvalue weighted by molar-refractivity contribution is -0.117. The first-order valence-corrected chi connectivity index (χ1v) is 10.7. The monoisotopic (exact) mass is 428 g/mol. The van der Waals surface area contributed by atoms with E-state index < -0.39 is 0 Å². The quantitative estimate of drug-likeness (QED) is 0.508. The van der Waals surface area contributed by atoms with Gasteiger partial charge < -0.3 is 10.1 Å². The van der Waals surface area contributed by atoms with E-state index in [0.717, 1.165) is 54.9 Å². The lowest BCUT2D eigenvalue weighted by Crippen LogP contribution is -2.35. The Bertz CT molecular complexity index is 1210. The van der Waals surface area contributed by atoms with E-state index in [1.807, 2.05) is 54.6 Å². The molecular weight excluding hydrogens is 404 g/mol. The van der Waals surface area contributed by atoms with Crippen molar-refractivity contribution in [1.29, 1.82) is 0 Å². The fourth-order valence-corrected chi connectivity index (χ4v) is 3.86. The van der Waals surface area contributed by atoms with Gasteiger partial charge in [-0.2, -0.15) is 4.80 Å². The van der Waals surface area contributed by atoms with Crippen LogP contribution in [0.3, 0.4) is 0 Å². The third kappa shape index (κ3) is 4.66. The predicted octanol–water partition coefficient (Wildman–Crippen LogP) is 2.96. The maximum absolute atomic E-state index is 12.6. The van der Waals surface area contributed by atoms with Gasteiger partial charge in [0, 0.05) is 36.3 Å². The number of carbonyl (C=O) groups excluding carboxylic acids is 1. The van der Waals surface area contributed by atoms with E-state index in [-0.39, 0.29) is 12.5 Å². The second-order valence-electron chi connectivity index (χ2n) is 7.80. The first-order valence-electron chi connectivity index (χ1n) is 10.7. The molecule has 0 atom stereocenters. The topological polar surface area (TPSA) is 85.2 Å². The molecule has 1 fully saturated rings. The van der Waals surface area contributed by atoms with Gasteiger partial charge in [-0.1, -0.05) is 60.7 Å². The molecule has 0 unspecified atom stereocenters. The molecule has 1 saturated heterocycles. The van der Waals surface area contributed by atoms with Gasteiger partial charge in [0.05, 0.1) is 13.2 Å². The fraction of sp³-hybridized carbons (Fsp3) is 0.250. The minimum Gasteiger partial charge on any atom is -0.379 e. The Labute approximate surface area is 185 Å². The van der Waals surface area contributed by atoms with Crippen LogP contribution in [0, 0.1) is 0 Å². The number of ether oxygens (including phenoxy) is 1. The third-order valence-electron chi connectivity index (χ3n) is 5.52. The van der Waals surface area contributed by atoms with E-state index in [4.69, 9.17) is 4.74 Å². The van der Waals surface area contributed by atoms with Gasteiger partial charge in [0.15, 0.2) is 0 Å². The molecule has 1 aromatic heterocycles. The number of hydrogen-bond donors (Lipinski definition) is 1. The maximum Gasteiger partial charge on any atom is 0.248 e. The molecule has 162 valence electrons. The number of rotatable bonds is 6. The van der Waals surface area contributed by atoms with Crippen molar-refractivity contribution in [3.63, 3.8) is 0 Å². The van der Waals surface area contributed by atoms with Crippen LogP contribution in [0.25, 0.3) is 22.2 Å². The Morgan fingerprint density at radius 1 is 0.969 bits per heavy atom. The molecule has 1 N–H and O–H groups in total. The number of aromatic nitrogens is 4. The van der Waals surface area contributed by atoms with Crippen LogP contribution in [0.2, 0.25) is 0 Å². The van der Waals surface area contributed by atoms with Crippen molar-refractivity contribution in [3.05, 3.63) is 72.3 Å². The lowest BCUT2D eigenvalue weighted by atomic mass is 10.1. The number of carbonyl (C=O) groups is 1. The predicted molar refractivity (Wildman–Crippen MR) is 122 cm³/mol. The van der Waals surface area contributed by atoms with E-state index in [1.165, 1.54) is 10.4 Å². The standard InChI is InChI=1S/C24H24N6O2/c31-23(25-22-7-3-5-19-4-1-2-6-21(19)22)17-30-27-24(26-28-30)20-10-8-18(9-11-20)16-29-12-14-32-15-13-29/h1-11H,12-17H2,(H,25,31). The van der Waals surface area contributed by atoms with Crippen LogP contribution in [0.5, 0.6) is 0 Å². The fourth-order valence-electron chi connectivity index (χ4n) is 3.86. The number of fused-ring (bicyclic) bond motifs is 1. The zero-order valence-electron chi connectivity index (χ0n) is 17.6. The van der Waals surface area contributed by atoms with Crippen LogP contribution >= 0.6 is 0 Å². The summed E-state index contributed by atoms with van der Waals surface area (Å²) in [7, 11) is 0. The van der Waals surface area contributed by atoms with Crippen LogP contribution in [-0.2, 0) is 22.6 Å². The van der Waals surface area contributed by atoms with Crippen LogP contribution in [0.4, 0.5) is 5.69 Å². The van der Waals surface area contributed by atoms with Crippen molar-refractivity contribution in [2.24, 2.45) is 0 Å². The number of morpholine rings is 1. The summed E-state index contributed by atoms with van der Waals surface area (Å²) in [5.74, 6) is 0.298. The number of nitrogens with one attached hydrogen (secondary N) is 1. The van der Waals surface area contributed by atoms with Crippen LogP contribution in [0.1, 0.15) is 5.56 Å². The number of amides is 1. The Morgan fingerprint density at radius 2 is 1.75 bits per heavy atom. The van der Waals surface area contributed by atoms with Crippen molar-refractivity contribution >= 4 is 22.4 Å². The summed E-state index contributed by atoms with van der Waals surface area (Å²) >= 11 is 0. The maximum atomic E-state index is 12.6. The molecule has 32 heavy (non-hydrogen) atoms. The Kier molecular flexibility index (Phi) is 5.87. The molecule has 1 aliphatic rings. The Morgan fingerprint density at radius 3 is 2.59 bits per heavy atom. The Balaban J connectivity index is 1.22. The molecule has 0 saturated carbocycles. The number of anilines is 1. The Hall–Kier alpha value is -3.62. The normalized spacial score (nSPS) is 14.5. The highest BCUT2D eigenvalue weighted by atomic mass is 16.5.